The lowest BCUT2D eigenvalue weighted by Gasteiger charge is -2.39. The highest BCUT2D eigenvalue weighted by Gasteiger charge is 2.39. The van der Waals surface area contributed by atoms with E-state index in [-0.39, 0.29) is 24.8 Å². The van der Waals surface area contributed by atoms with Crippen LogP contribution in [0.1, 0.15) is 97.4 Å². The second-order valence-electron chi connectivity index (χ2n) is 11.7. The zero-order valence-electron chi connectivity index (χ0n) is 24.2. The fourth-order valence-electron chi connectivity index (χ4n) is 3.78. The van der Waals surface area contributed by atoms with Crippen LogP contribution >= 0.6 is 0 Å². The number of carbonyl (C=O) groups is 4. The predicted octanol–water partition coefficient (Wildman–Crippen LogP) is 4.05. The van der Waals surface area contributed by atoms with Gasteiger partial charge in [-0.3, -0.25) is 14.4 Å². The van der Waals surface area contributed by atoms with Gasteiger partial charge in [-0.1, -0.05) is 25.1 Å². The minimum absolute atomic E-state index is 0.0269. The number of aryl methyl sites for hydroxylation is 2. The lowest BCUT2D eigenvalue weighted by atomic mass is 9.95. The Kier molecular flexibility index (Phi) is 11.2. The van der Waals surface area contributed by atoms with Crippen LogP contribution in [0.15, 0.2) is 18.2 Å². The third-order valence-electron chi connectivity index (χ3n) is 5.86. The molecule has 4 amide bonds. The number of primary amides is 1. The number of ether oxygens (including phenoxy) is 1. The van der Waals surface area contributed by atoms with Crippen molar-refractivity contribution in [2.45, 2.75) is 118 Å². The van der Waals surface area contributed by atoms with Gasteiger partial charge in [-0.15, -0.1) is 0 Å². The summed E-state index contributed by atoms with van der Waals surface area (Å²) >= 11 is 0. The van der Waals surface area contributed by atoms with Gasteiger partial charge in [0.1, 0.15) is 17.7 Å². The summed E-state index contributed by atoms with van der Waals surface area (Å²) in [6.45, 7) is 18.5. The Hall–Kier alpha value is -3.10. The van der Waals surface area contributed by atoms with Crippen molar-refractivity contribution in [2.75, 3.05) is 0 Å². The van der Waals surface area contributed by atoms with E-state index in [1.165, 1.54) is 4.90 Å². The van der Waals surface area contributed by atoms with E-state index in [1.54, 1.807) is 20.8 Å². The molecule has 0 aliphatic carbocycles. The summed E-state index contributed by atoms with van der Waals surface area (Å²) in [4.78, 5) is 53.6. The van der Waals surface area contributed by atoms with E-state index in [2.05, 4.69) is 10.6 Å². The molecule has 0 heterocycles. The van der Waals surface area contributed by atoms with Gasteiger partial charge in [-0.05, 0) is 91.8 Å². The van der Waals surface area contributed by atoms with Crippen molar-refractivity contribution in [1.29, 1.82) is 0 Å². The first-order valence-corrected chi connectivity index (χ1v) is 12.9. The molecule has 9 nitrogen and oxygen atoms in total. The standard InChI is InChI=1S/C28H46N4O5/c1-11-19(4)32(25(35)21(14-15-22(29)33)30-26(36)37-28(8,9)10)23(24(34)31-27(5,6)7)20-13-12-17(2)18(3)16-20/h12-13,16,19,21,23H,11,14-15H2,1-10H3,(H2,29,33)(H,30,36)(H,31,34). The molecule has 37 heavy (non-hydrogen) atoms. The van der Waals surface area contributed by atoms with Gasteiger partial charge in [-0.2, -0.15) is 0 Å². The van der Waals surface area contributed by atoms with Crippen LogP contribution in [0.25, 0.3) is 0 Å². The number of amides is 4. The smallest absolute Gasteiger partial charge is 0.408 e. The average Bonchev–Trinajstić information content (AvgIpc) is 2.73. The fraction of sp³-hybridized carbons (Fsp3) is 0.643. The maximum absolute atomic E-state index is 14.1. The molecule has 9 heteroatoms. The molecule has 0 fully saturated rings. The van der Waals surface area contributed by atoms with Crippen LogP contribution in [0.3, 0.4) is 0 Å². The molecule has 0 aliphatic heterocycles. The first-order chi connectivity index (χ1) is 16.9. The Labute approximate surface area is 221 Å². The van der Waals surface area contributed by atoms with Gasteiger partial charge in [0, 0.05) is 18.0 Å². The molecular weight excluding hydrogens is 472 g/mol. The number of nitrogens with zero attached hydrogens (tertiary/aromatic N) is 1. The molecule has 1 aromatic rings. The maximum atomic E-state index is 14.1. The zero-order chi connectivity index (χ0) is 28.7. The monoisotopic (exact) mass is 518 g/mol. The summed E-state index contributed by atoms with van der Waals surface area (Å²) in [7, 11) is 0. The number of nitrogens with two attached hydrogens (primary N) is 1. The Bertz CT molecular complexity index is 978. The van der Waals surface area contributed by atoms with Crippen LogP contribution < -0.4 is 16.4 Å². The minimum Gasteiger partial charge on any atom is -0.444 e. The second kappa shape index (κ2) is 12.9. The minimum atomic E-state index is -1.12. The largest absolute Gasteiger partial charge is 0.444 e. The van der Waals surface area contributed by atoms with E-state index >= 15 is 0 Å². The van der Waals surface area contributed by atoms with E-state index in [0.717, 1.165) is 11.1 Å². The van der Waals surface area contributed by atoms with Gasteiger partial charge >= 0.3 is 6.09 Å². The highest BCUT2D eigenvalue weighted by molar-refractivity contribution is 5.93. The third-order valence-corrected chi connectivity index (χ3v) is 5.86. The van der Waals surface area contributed by atoms with Gasteiger partial charge in [0.15, 0.2) is 0 Å². The second-order valence-corrected chi connectivity index (χ2v) is 11.7. The summed E-state index contributed by atoms with van der Waals surface area (Å²) in [5, 5.41) is 5.62. The van der Waals surface area contributed by atoms with Crippen LogP contribution in [-0.2, 0) is 19.1 Å². The molecule has 3 atom stereocenters. The molecule has 3 unspecified atom stereocenters. The quantitative estimate of drug-likeness (QED) is 0.430. The van der Waals surface area contributed by atoms with Crippen molar-refractivity contribution in [2.24, 2.45) is 5.73 Å². The molecule has 1 rings (SSSR count). The summed E-state index contributed by atoms with van der Waals surface area (Å²) < 4.78 is 5.36. The molecule has 1 aromatic carbocycles. The molecule has 0 saturated carbocycles. The van der Waals surface area contributed by atoms with Crippen molar-refractivity contribution in [3.05, 3.63) is 34.9 Å². The lowest BCUT2D eigenvalue weighted by molar-refractivity contribution is -0.146. The first-order valence-electron chi connectivity index (χ1n) is 12.9. The average molecular weight is 519 g/mol. The molecule has 0 bridgehead atoms. The third kappa shape index (κ3) is 10.4. The van der Waals surface area contributed by atoms with Crippen LogP contribution in [0.5, 0.6) is 0 Å². The van der Waals surface area contributed by atoms with E-state index < -0.39 is 41.1 Å². The highest BCUT2D eigenvalue weighted by Crippen LogP contribution is 2.29. The van der Waals surface area contributed by atoms with Crippen LogP contribution in [0.4, 0.5) is 4.79 Å². The zero-order valence-corrected chi connectivity index (χ0v) is 24.2. The number of benzene rings is 1. The lowest BCUT2D eigenvalue weighted by Crippen LogP contribution is -2.57. The number of rotatable bonds is 10. The number of carbonyl (C=O) groups excluding carboxylic acids is 4. The molecule has 4 N–H and O–H groups in total. The van der Waals surface area contributed by atoms with E-state index in [9.17, 15) is 19.2 Å². The SMILES string of the molecule is CCC(C)N(C(=O)C(CCC(N)=O)NC(=O)OC(C)(C)C)C(C(=O)NC(C)(C)C)c1ccc(C)c(C)c1. The van der Waals surface area contributed by atoms with Crippen LogP contribution in [-0.4, -0.2) is 51.9 Å². The van der Waals surface area contributed by atoms with Crippen LogP contribution in [0, 0.1) is 13.8 Å². The molecular formula is C28H46N4O5. The van der Waals surface area contributed by atoms with E-state index in [0.29, 0.717) is 12.0 Å². The van der Waals surface area contributed by atoms with Crippen molar-refractivity contribution < 1.29 is 23.9 Å². The normalized spacial score (nSPS) is 14.2. The van der Waals surface area contributed by atoms with Crippen molar-refractivity contribution in [3.8, 4) is 0 Å². The summed E-state index contributed by atoms with van der Waals surface area (Å²) in [6, 6.07) is 3.24. The molecule has 0 aliphatic rings. The first kappa shape index (κ1) is 31.9. The van der Waals surface area contributed by atoms with Crippen LogP contribution in [0.2, 0.25) is 0 Å². The molecule has 208 valence electrons. The predicted molar refractivity (Wildman–Crippen MR) is 145 cm³/mol. The number of alkyl carbamates (subject to hydrolysis) is 1. The molecule has 0 saturated heterocycles. The van der Waals surface area contributed by atoms with Gasteiger partial charge in [0.2, 0.25) is 17.7 Å². The number of hydrogen-bond donors (Lipinski definition) is 3. The van der Waals surface area contributed by atoms with Crippen molar-refractivity contribution in [3.63, 3.8) is 0 Å². The van der Waals surface area contributed by atoms with Crippen molar-refractivity contribution in [1.82, 2.24) is 15.5 Å². The molecule has 0 spiro atoms. The Morgan fingerprint density at radius 1 is 1.03 bits per heavy atom. The van der Waals surface area contributed by atoms with Gasteiger partial charge in [0.05, 0.1) is 0 Å². The maximum Gasteiger partial charge on any atom is 0.408 e. The fourth-order valence-corrected chi connectivity index (χ4v) is 3.78. The van der Waals surface area contributed by atoms with Gasteiger partial charge < -0.3 is 26.0 Å². The summed E-state index contributed by atoms with van der Waals surface area (Å²) in [5.41, 5.74) is 6.74. The van der Waals surface area contributed by atoms with Crippen molar-refractivity contribution >= 4 is 23.8 Å². The number of hydrogen-bond acceptors (Lipinski definition) is 5. The van der Waals surface area contributed by atoms with Gasteiger partial charge in [-0.25, -0.2) is 4.79 Å². The van der Waals surface area contributed by atoms with E-state index in [1.807, 2.05) is 66.7 Å². The molecule has 0 radical (unpaired) electrons. The summed E-state index contributed by atoms with van der Waals surface area (Å²) in [6.07, 6.45) is -0.379. The Balaban J connectivity index is 3.63. The molecule has 0 aromatic heterocycles. The van der Waals surface area contributed by atoms with Gasteiger partial charge in [0.25, 0.3) is 0 Å². The Morgan fingerprint density at radius 3 is 2.08 bits per heavy atom. The highest BCUT2D eigenvalue weighted by atomic mass is 16.6. The topological polar surface area (TPSA) is 131 Å². The number of nitrogens with one attached hydrogen (secondary N) is 2. The summed E-state index contributed by atoms with van der Waals surface area (Å²) in [5.74, 6) is -1.43. The Morgan fingerprint density at radius 2 is 1.62 bits per heavy atom. The van der Waals surface area contributed by atoms with E-state index in [4.69, 9.17) is 10.5 Å².